The van der Waals surface area contributed by atoms with Gasteiger partial charge in [0.2, 0.25) is 0 Å². The second kappa shape index (κ2) is 5.56. The summed E-state index contributed by atoms with van der Waals surface area (Å²) in [7, 11) is 0. The third-order valence-corrected chi connectivity index (χ3v) is 2.19. The SMILES string of the molecule is Cc1cc(N)cnc1NCCCC(C)O. The van der Waals surface area contributed by atoms with Crippen molar-refractivity contribution in [2.45, 2.75) is 32.8 Å². The summed E-state index contributed by atoms with van der Waals surface area (Å²) in [4.78, 5) is 4.20. The third kappa shape index (κ3) is 4.16. The highest BCUT2D eigenvalue weighted by Gasteiger charge is 2.00. The number of aliphatic hydroxyl groups excluding tert-OH is 1. The van der Waals surface area contributed by atoms with Crippen molar-refractivity contribution in [3.63, 3.8) is 0 Å². The molecule has 0 spiro atoms. The molecule has 0 amide bonds. The molecule has 4 nitrogen and oxygen atoms in total. The number of nitrogens with two attached hydrogens (primary N) is 1. The van der Waals surface area contributed by atoms with Gasteiger partial charge in [-0.15, -0.1) is 0 Å². The molecule has 4 N–H and O–H groups in total. The van der Waals surface area contributed by atoms with Crippen molar-refractivity contribution in [1.29, 1.82) is 0 Å². The monoisotopic (exact) mass is 209 g/mol. The molecular weight excluding hydrogens is 190 g/mol. The Labute approximate surface area is 90.5 Å². The van der Waals surface area contributed by atoms with Gasteiger partial charge in [0.25, 0.3) is 0 Å². The van der Waals surface area contributed by atoms with Gasteiger partial charge in [-0.25, -0.2) is 4.98 Å². The van der Waals surface area contributed by atoms with Gasteiger partial charge in [-0.1, -0.05) is 0 Å². The zero-order valence-corrected chi connectivity index (χ0v) is 9.33. The average Bonchev–Trinajstić information content (AvgIpc) is 2.14. The van der Waals surface area contributed by atoms with Gasteiger partial charge in [0.15, 0.2) is 0 Å². The number of anilines is 2. The van der Waals surface area contributed by atoms with Crippen LogP contribution in [0.4, 0.5) is 11.5 Å². The molecule has 0 radical (unpaired) electrons. The molecule has 84 valence electrons. The fourth-order valence-corrected chi connectivity index (χ4v) is 1.39. The molecule has 1 atom stereocenters. The van der Waals surface area contributed by atoms with Crippen LogP contribution in [-0.4, -0.2) is 22.7 Å². The lowest BCUT2D eigenvalue weighted by Gasteiger charge is -2.09. The smallest absolute Gasteiger partial charge is 0.128 e. The summed E-state index contributed by atoms with van der Waals surface area (Å²) in [5.41, 5.74) is 7.33. The van der Waals surface area contributed by atoms with Crippen LogP contribution in [-0.2, 0) is 0 Å². The van der Waals surface area contributed by atoms with Crippen molar-refractivity contribution in [3.8, 4) is 0 Å². The van der Waals surface area contributed by atoms with E-state index < -0.39 is 0 Å². The Hall–Kier alpha value is -1.29. The summed E-state index contributed by atoms with van der Waals surface area (Å²) in [5.74, 6) is 0.870. The van der Waals surface area contributed by atoms with Crippen LogP contribution < -0.4 is 11.1 Å². The van der Waals surface area contributed by atoms with Gasteiger partial charge in [0.05, 0.1) is 18.0 Å². The number of aliphatic hydroxyl groups is 1. The third-order valence-electron chi connectivity index (χ3n) is 2.19. The quantitative estimate of drug-likeness (QED) is 0.643. The predicted molar refractivity (Wildman–Crippen MR) is 62.8 cm³/mol. The summed E-state index contributed by atoms with van der Waals surface area (Å²) >= 11 is 0. The zero-order chi connectivity index (χ0) is 11.3. The van der Waals surface area contributed by atoms with E-state index in [0.29, 0.717) is 5.69 Å². The molecule has 0 aliphatic rings. The normalized spacial score (nSPS) is 12.5. The number of nitrogens with zero attached hydrogens (tertiary/aromatic N) is 1. The molecule has 0 saturated heterocycles. The van der Waals surface area contributed by atoms with Gasteiger partial charge in [-0.3, -0.25) is 0 Å². The summed E-state index contributed by atoms with van der Waals surface area (Å²) in [6, 6.07) is 1.89. The molecule has 1 rings (SSSR count). The second-order valence-corrected chi connectivity index (χ2v) is 3.85. The van der Waals surface area contributed by atoms with Crippen LogP contribution in [0.3, 0.4) is 0 Å². The molecule has 4 heteroatoms. The topological polar surface area (TPSA) is 71.2 Å². The summed E-state index contributed by atoms with van der Waals surface area (Å²) in [5, 5.41) is 12.3. The fraction of sp³-hybridized carbons (Fsp3) is 0.545. The van der Waals surface area contributed by atoms with E-state index in [4.69, 9.17) is 10.8 Å². The largest absolute Gasteiger partial charge is 0.397 e. The van der Waals surface area contributed by atoms with Crippen LogP contribution in [0.15, 0.2) is 12.3 Å². The van der Waals surface area contributed by atoms with Crippen LogP contribution in [0.25, 0.3) is 0 Å². The standard InChI is InChI=1S/C11H19N3O/c1-8-6-10(12)7-14-11(8)13-5-3-4-9(2)15/h6-7,9,15H,3-5,12H2,1-2H3,(H,13,14). The summed E-state index contributed by atoms with van der Waals surface area (Å²) < 4.78 is 0. The van der Waals surface area contributed by atoms with Crippen molar-refractivity contribution < 1.29 is 5.11 Å². The lowest BCUT2D eigenvalue weighted by atomic mass is 10.2. The van der Waals surface area contributed by atoms with Crippen LogP contribution in [0.2, 0.25) is 0 Å². The van der Waals surface area contributed by atoms with E-state index in [1.54, 1.807) is 13.1 Å². The molecule has 1 aromatic rings. The molecule has 1 aromatic heterocycles. The number of nitrogens with one attached hydrogen (secondary N) is 1. The van der Waals surface area contributed by atoms with E-state index >= 15 is 0 Å². The predicted octanol–water partition coefficient (Wildman–Crippen LogP) is 1.55. The second-order valence-electron chi connectivity index (χ2n) is 3.85. The van der Waals surface area contributed by atoms with E-state index in [2.05, 4.69) is 10.3 Å². The van der Waals surface area contributed by atoms with Crippen LogP contribution >= 0.6 is 0 Å². The minimum absolute atomic E-state index is 0.229. The van der Waals surface area contributed by atoms with E-state index in [1.807, 2.05) is 13.0 Å². The number of hydrogen-bond acceptors (Lipinski definition) is 4. The molecule has 0 aliphatic carbocycles. The Morgan fingerprint density at radius 3 is 2.93 bits per heavy atom. The number of aryl methyl sites for hydroxylation is 1. The first kappa shape index (κ1) is 11.8. The highest BCUT2D eigenvalue weighted by Crippen LogP contribution is 2.13. The summed E-state index contributed by atoms with van der Waals surface area (Å²) in [6.07, 6.45) is 3.15. The average molecular weight is 209 g/mol. The van der Waals surface area contributed by atoms with Crippen molar-refractivity contribution in [2.75, 3.05) is 17.6 Å². The molecular formula is C11H19N3O. The highest BCUT2D eigenvalue weighted by atomic mass is 16.3. The minimum Gasteiger partial charge on any atom is -0.397 e. The van der Waals surface area contributed by atoms with Crippen LogP contribution in [0.5, 0.6) is 0 Å². The molecule has 15 heavy (non-hydrogen) atoms. The first-order chi connectivity index (χ1) is 7.09. The molecule has 0 bridgehead atoms. The van der Waals surface area contributed by atoms with Crippen LogP contribution in [0.1, 0.15) is 25.3 Å². The molecule has 0 fully saturated rings. The van der Waals surface area contributed by atoms with Crippen molar-refractivity contribution in [3.05, 3.63) is 17.8 Å². The Bertz CT molecular complexity index is 313. The van der Waals surface area contributed by atoms with Crippen LogP contribution in [0, 0.1) is 6.92 Å². The van der Waals surface area contributed by atoms with E-state index in [1.165, 1.54) is 0 Å². The number of aromatic nitrogens is 1. The Morgan fingerprint density at radius 1 is 1.60 bits per heavy atom. The minimum atomic E-state index is -0.229. The highest BCUT2D eigenvalue weighted by molar-refractivity contribution is 5.50. The van der Waals surface area contributed by atoms with E-state index in [0.717, 1.165) is 30.8 Å². The van der Waals surface area contributed by atoms with Crippen molar-refractivity contribution in [1.82, 2.24) is 4.98 Å². The van der Waals surface area contributed by atoms with E-state index in [9.17, 15) is 0 Å². The van der Waals surface area contributed by atoms with Gasteiger partial charge in [-0.2, -0.15) is 0 Å². The molecule has 1 heterocycles. The maximum absolute atomic E-state index is 9.08. The first-order valence-corrected chi connectivity index (χ1v) is 5.23. The van der Waals surface area contributed by atoms with Crippen molar-refractivity contribution in [2.24, 2.45) is 0 Å². The van der Waals surface area contributed by atoms with Gasteiger partial charge < -0.3 is 16.2 Å². The van der Waals surface area contributed by atoms with E-state index in [-0.39, 0.29) is 6.10 Å². The number of hydrogen-bond donors (Lipinski definition) is 3. The molecule has 0 aliphatic heterocycles. The fourth-order valence-electron chi connectivity index (χ4n) is 1.39. The maximum atomic E-state index is 9.08. The van der Waals surface area contributed by atoms with Gasteiger partial charge >= 0.3 is 0 Å². The lowest BCUT2D eigenvalue weighted by Crippen LogP contribution is -2.08. The lowest BCUT2D eigenvalue weighted by molar-refractivity contribution is 0.183. The molecule has 1 unspecified atom stereocenters. The molecule has 0 saturated carbocycles. The Balaban J connectivity index is 2.37. The number of rotatable bonds is 5. The van der Waals surface area contributed by atoms with Gasteiger partial charge in [-0.05, 0) is 38.3 Å². The number of pyridine rings is 1. The maximum Gasteiger partial charge on any atom is 0.128 e. The first-order valence-electron chi connectivity index (χ1n) is 5.23. The Kier molecular flexibility index (Phi) is 4.37. The molecule has 0 aromatic carbocycles. The summed E-state index contributed by atoms with van der Waals surface area (Å²) in [6.45, 7) is 4.59. The Morgan fingerprint density at radius 2 is 2.33 bits per heavy atom. The van der Waals surface area contributed by atoms with Gasteiger partial charge in [0.1, 0.15) is 5.82 Å². The van der Waals surface area contributed by atoms with Crippen molar-refractivity contribution >= 4 is 11.5 Å². The zero-order valence-electron chi connectivity index (χ0n) is 9.33. The number of nitrogen functional groups attached to an aromatic ring is 1. The van der Waals surface area contributed by atoms with Gasteiger partial charge in [0, 0.05) is 6.54 Å².